The first kappa shape index (κ1) is 16.8. The predicted octanol–water partition coefficient (Wildman–Crippen LogP) is 0.828. The Kier molecular flexibility index (Phi) is 5.52. The molecule has 3 heterocycles. The summed E-state index contributed by atoms with van der Waals surface area (Å²) in [4.78, 5) is 37.8. The summed E-state index contributed by atoms with van der Waals surface area (Å²) in [5.41, 5.74) is 1.04. The zero-order chi connectivity index (χ0) is 17.5. The highest BCUT2D eigenvalue weighted by Gasteiger charge is 2.09. The number of rotatable bonds is 7. The van der Waals surface area contributed by atoms with Crippen LogP contribution in [0.15, 0.2) is 46.6 Å². The van der Waals surface area contributed by atoms with Crippen LogP contribution in [0.1, 0.15) is 5.82 Å². The van der Waals surface area contributed by atoms with Crippen LogP contribution in [0.3, 0.4) is 0 Å². The van der Waals surface area contributed by atoms with Gasteiger partial charge in [0.25, 0.3) is 0 Å². The van der Waals surface area contributed by atoms with Crippen molar-refractivity contribution in [1.82, 2.24) is 30.1 Å². The smallest absolute Gasteiger partial charge is 0.340 e. The Labute approximate surface area is 146 Å². The van der Waals surface area contributed by atoms with Crippen molar-refractivity contribution >= 4 is 17.7 Å². The molecule has 0 amide bonds. The van der Waals surface area contributed by atoms with Crippen molar-refractivity contribution in [3.05, 3.63) is 53.0 Å². The molecule has 0 fully saturated rings. The Hall–Kier alpha value is -3.01. The Bertz CT molecular complexity index is 895. The number of pyridine rings is 1. The zero-order valence-electron chi connectivity index (χ0n) is 13.0. The lowest BCUT2D eigenvalue weighted by molar-refractivity contribution is -0.140. The number of thioether (sulfide) groups is 1. The molecule has 3 aromatic rings. The highest BCUT2D eigenvalue weighted by molar-refractivity contribution is 7.99. The third-order valence-corrected chi connectivity index (χ3v) is 3.87. The van der Waals surface area contributed by atoms with E-state index >= 15 is 0 Å². The van der Waals surface area contributed by atoms with Crippen LogP contribution >= 0.6 is 11.8 Å². The van der Waals surface area contributed by atoms with Crippen LogP contribution in [-0.4, -0.2) is 48.5 Å². The predicted molar refractivity (Wildman–Crippen MR) is 89.9 cm³/mol. The quantitative estimate of drug-likeness (QED) is 0.361. The number of carbonyl (C=O) groups is 1. The fraction of sp³-hybridized carbons (Fsp3) is 0.200. The van der Waals surface area contributed by atoms with E-state index in [0.29, 0.717) is 23.1 Å². The molecule has 2 N–H and O–H groups in total. The third-order valence-electron chi connectivity index (χ3n) is 3.03. The normalized spacial score (nSPS) is 10.6. The van der Waals surface area contributed by atoms with Gasteiger partial charge >= 0.3 is 11.7 Å². The van der Waals surface area contributed by atoms with E-state index in [9.17, 15) is 9.59 Å². The summed E-state index contributed by atoms with van der Waals surface area (Å²) >= 11 is 1.18. The minimum absolute atomic E-state index is 0.0861. The summed E-state index contributed by atoms with van der Waals surface area (Å²) in [6.45, 7) is 0.134. The lowest BCUT2D eigenvalue weighted by Gasteiger charge is -2.04. The molecule has 10 heteroatoms. The van der Waals surface area contributed by atoms with Crippen LogP contribution in [0, 0.1) is 0 Å². The molecule has 0 aliphatic rings. The van der Waals surface area contributed by atoms with Crippen LogP contribution < -0.4 is 5.69 Å². The Morgan fingerprint density at radius 1 is 1.16 bits per heavy atom. The van der Waals surface area contributed by atoms with Gasteiger partial charge in [0.2, 0.25) is 0 Å². The summed E-state index contributed by atoms with van der Waals surface area (Å²) in [6.07, 6.45) is 3.65. The molecule has 0 unspecified atom stereocenters. The standard InChI is InChI=1S/C15H14N6O3S/c22-13(24-8-5-12-19-14(23)21-20-12)9-25-15-17-7-4-11(18-15)10-3-1-2-6-16-10/h1-4,6-7H,5,8-9H2,(H2,19,20,21,23). The van der Waals surface area contributed by atoms with E-state index in [2.05, 4.69) is 30.1 Å². The number of carbonyl (C=O) groups excluding carboxylic acids is 1. The van der Waals surface area contributed by atoms with E-state index < -0.39 is 5.97 Å². The average molecular weight is 358 g/mol. The SMILES string of the molecule is O=C(CSc1nccc(-c2ccccn2)n1)OCCc1n[nH]c(=O)[nH]1. The number of aromatic amines is 2. The Morgan fingerprint density at radius 2 is 2.08 bits per heavy atom. The van der Waals surface area contributed by atoms with Gasteiger partial charge in [-0.2, -0.15) is 5.10 Å². The second kappa shape index (κ2) is 8.20. The second-order valence-electron chi connectivity index (χ2n) is 4.82. The molecule has 25 heavy (non-hydrogen) atoms. The second-order valence-corrected chi connectivity index (χ2v) is 5.77. The van der Waals surface area contributed by atoms with Gasteiger partial charge in [-0.15, -0.1) is 0 Å². The molecule has 0 radical (unpaired) electrons. The molecule has 0 atom stereocenters. The molecular weight excluding hydrogens is 344 g/mol. The number of nitrogens with one attached hydrogen (secondary N) is 2. The van der Waals surface area contributed by atoms with E-state index in [0.717, 1.165) is 5.69 Å². The van der Waals surface area contributed by atoms with Crippen LogP contribution in [-0.2, 0) is 16.0 Å². The van der Waals surface area contributed by atoms with Crippen molar-refractivity contribution in [1.29, 1.82) is 0 Å². The van der Waals surface area contributed by atoms with Crippen molar-refractivity contribution in [3.63, 3.8) is 0 Å². The average Bonchev–Trinajstić information content (AvgIpc) is 3.06. The monoisotopic (exact) mass is 358 g/mol. The number of hydrogen-bond acceptors (Lipinski definition) is 8. The molecule has 0 aliphatic carbocycles. The number of esters is 1. The van der Waals surface area contributed by atoms with Gasteiger partial charge in [-0.1, -0.05) is 17.8 Å². The first-order valence-electron chi connectivity index (χ1n) is 7.37. The maximum absolute atomic E-state index is 11.8. The first-order valence-corrected chi connectivity index (χ1v) is 8.36. The molecule has 0 saturated heterocycles. The van der Waals surface area contributed by atoms with E-state index in [1.54, 1.807) is 18.5 Å². The molecule has 3 rings (SSSR count). The number of H-pyrrole nitrogens is 2. The van der Waals surface area contributed by atoms with Crippen molar-refractivity contribution in [2.45, 2.75) is 11.6 Å². The van der Waals surface area contributed by atoms with E-state index in [1.165, 1.54) is 11.8 Å². The third kappa shape index (κ3) is 4.98. The maximum atomic E-state index is 11.8. The van der Waals surface area contributed by atoms with Crippen molar-refractivity contribution in [2.75, 3.05) is 12.4 Å². The molecule has 0 saturated carbocycles. The van der Waals surface area contributed by atoms with Gasteiger partial charge in [0.15, 0.2) is 5.16 Å². The summed E-state index contributed by atoms with van der Waals surface area (Å²) in [7, 11) is 0. The number of aromatic nitrogens is 6. The fourth-order valence-electron chi connectivity index (χ4n) is 1.92. The van der Waals surface area contributed by atoms with Gasteiger partial charge in [0.1, 0.15) is 5.82 Å². The van der Waals surface area contributed by atoms with Gasteiger partial charge in [-0.25, -0.2) is 19.9 Å². The molecule has 3 aromatic heterocycles. The maximum Gasteiger partial charge on any atom is 0.340 e. The van der Waals surface area contributed by atoms with E-state index in [1.807, 2.05) is 18.2 Å². The lowest BCUT2D eigenvalue weighted by atomic mass is 10.3. The van der Waals surface area contributed by atoms with Crippen molar-refractivity contribution in [2.24, 2.45) is 0 Å². The molecule has 0 aliphatic heterocycles. The summed E-state index contributed by atoms with van der Waals surface area (Å²) in [5, 5.41) is 6.44. The Morgan fingerprint density at radius 3 is 2.84 bits per heavy atom. The number of hydrogen-bond donors (Lipinski definition) is 2. The lowest BCUT2D eigenvalue weighted by Crippen LogP contribution is -2.11. The van der Waals surface area contributed by atoms with E-state index in [4.69, 9.17) is 4.74 Å². The molecule has 128 valence electrons. The highest BCUT2D eigenvalue weighted by atomic mass is 32.2. The van der Waals surface area contributed by atoms with Gasteiger partial charge in [0.05, 0.1) is 23.7 Å². The molecule has 9 nitrogen and oxygen atoms in total. The van der Waals surface area contributed by atoms with Gasteiger partial charge < -0.3 is 4.74 Å². The highest BCUT2D eigenvalue weighted by Crippen LogP contribution is 2.18. The van der Waals surface area contributed by atoms with Crippen LogP contribution in [0.25, 0.3) is 11.4 Å². The minimum atomic E-state index is -0.394. The van der Waals surface area contributed by atoms with Gasteiger partial charge in [-0.05, 0) is 18.2 Å². The molecule has 0 bridgehead atoms. The molecule has 0 spiro atoms. The van der Waals surface area contributed by atoms with Crippen molar-refractivity contribution in [3.8, 4) is 11.4 Å². The summed E-state index contributed by atoms with van der Waals surface area (Å²) in [6, 6.07) is 7.32. The van der Waals surface area contributed by atoms with Crippen LogP contribution in [0.2, 0.25) is 0 Å². The van der Waals surface area contributed by atoms with Crippen molar-refractivity contribution < 1.29 is 9.53 Å². The van der Waals surface area contributed by atoms with Gasteiger partial charge in [0, 0.05) is 18.8 Å². The Balaban J connectivity index is 1.48. The number of ether oxygens (including phenoxy) is 1. The van der Waals surface area contributed by atoms with Crippen LogP contribution in [0.4, 0.5) is 0 Å². The topological polar surface area (TPSA) is 127 Å². The zero-order valence-corrected chi connectivity index (χ0v) is 13.8. The van der Waals surface area contributed by atoms with E-state index in [-0.39, 0.29) is 18.0 Å². The first-order chi connectivity index (χ1) is 12.2. The molecular formula is C15H14N6O3S. The van der Waals surface area contributed by atoms with Gasteiger partial charge in [-0.3, -0.25) is 14.8 Å². The number of nitrogens with zero attached hydrogens (tertiary/aromatic N) is 4. The largest absolute Gasteiger partial charge is 0.465 e. The summed E-state index contributed by atoms with van der Waals surface area (Å²) < 4.78 is 5.09. The van der Waals surface area contributed by atoms with Crippen LogP contribution in [0.5, 0.6) is 0 Å². The minimum Gasteiger partial charge on any atom is -0.465 e. The molecule has 0 aromatic carbocycles. The fourth-order valence-corrected chi connectivity index (χ4v) is 2.55. The summed E-state index contributed by atoms with van der Waals surface area (Å²) in [5.74, 6) is 0.134.